The Labute approximate surface area is 115 Å². The second-order valence-corrected chi connectivity index (χ2v) is 6.36. The van der Waals surface area contributed by atoms with E-state index in [-0.39, 0.29) is 10.5 Å². The van der Waals surface area contributed by atoms with Gasteiger partial charge in [-0.2, -0.15) is 13.2 Å². The normalized spacial score (nSPS) is 12.7. The van der Waals surface area contributed by atoms with Crippen LogP contribution in [-0.4, -0.2) is 16.7 Å². The summed E-state index contributed by atoms with van der Waals surface area (Å²) in [4.78, 5) is 0. The van der Waals surface area contributed by atoms with Crippen LogP contribution in [0, 0.1) is 5.41 Å². The molecule has 0 saturated heterocycles. The summed E-state index contributed by atoms with van der Waals surface area (Å²) in [6, 6.07) is 0. The molecule has 0 aliphatic carbocycles. The molecule has 0 fully saturated rings. The molecule has 0 radical (unpaired) electrons. The molecule has 0 aliphatic rings. The molecule has 7 heteroatoms. The summed E-state index contributed by atoms with van der Waals surface area (Å²) in [7, 11) is 0. The average molecular weight is 295 g/mol. The first-order chi connectivity index (χ1) is 8.74. The Kier molecular flexibility index (Phi) is 5.58. The zero-order valence-corrected chi connectivity index (χ0v) is 12.3. The van der Waals surface area contributed by atoms with Crippen molar-refractivity contribution >= 4 is 16.5 Å². The predicted molar refractivity (Wildman–Crippen MR) is 71.3 cm³/mol. The third-order valence-electron chi connectivity index (χ3n) is 2.84. The van der Waals surface area contributed by atoms with Crippen LogP contribution in [0.25, 0.3) is 0 Å². The Hall–Kier alpha value is -0.850. The molecule has 0 saturated carbocycles. The topological polar surface area (TPSA) is 37.8 Å². The summed E-state index contributed by atoms with van der Waals surface area (Å²) in [5, 5.41) is 8.94. The fourth-order valence-electron chi connectivity index (χ4n) is 1.67. The van der Waals surface area contributed by atoms with E-state index in [1.165, 1.54) is 6.42 Å². The van der Waals surface area contributed by atoms with Crippen LogP contribution < -0.4 is 5.32 Å². The fraction of sp³-hybridized carbons (Fsp3) is 0.833. The summed E-state index contributed by atoms with van der Waals surface area (Å²) in [5.74, 6) is 0. The highest BCUT2D eigenvalue weighted by Crippen LogP contribution is 2.33. The summed E-state index contributed by atoms with van der Waals surface area (Å²) in [6.07, 6.45) is 0.109. The molecule has 0 amide bonds. The molecule has 1 rings (SSSR count). The summed E-state index contributed by atoms with van der Waals surface area (Å²) >= 11 is 0.551. The maximum atomic E-state index is 12.4. The summed E-state index contributed by atoms with van der Waals surface area (Å²) < 4.78 is 37.1. The first-order valence-electron chi connectivity index (χ1n) is 6.39. The third-order valence-corrected chi connectivity index (χ3v) is 3.77. The molecular formula is C12H20F3N3S. The molecule has 1 aromatic heterocycles. The molecule has 1 N–H and O–H groups in total. The Bertz CT molecular complexity index is 388. The Morgan fingerprint density at radius 1 is 1.16 bits per heavy atom. The van der Waals surface area contributed by atoms with E-state index in [0.29, 0.717) is 17.9 Å². The zero-order valence-electron chi connectivity index (χ0n) is 11.5. The Balaban J connectivity index is 2.45. The van der Waals surface area contributed by atoms with E-state index in [1.54, 1.807) is 0 Å². The molecular weight excluding hydrogens is 275 g/mol. The molecule has 0 aromatic carbocycles. The van der Waals surface area contributed by atoms with E-state index in [1.807, 2.05) is 0 Å². The van der Waals surface area contributed by atoms with Gasteiger partial charge in [0.05, 0.1) is 0 Å². The lowest BCUT2D eigenvalue weighted by Crippen LogP contribution is -2.23. The van der Waals surface area contributed by atoms with Crippen molar-refractivity contribution in [1.82, 2.24) is 10.2 Å². The molecule has 19 heavy (non-hydrogen) atoms. The van der Waals surface area contributed by atoms with Crippen LogP contribution in [0.5, 0.6) is 0 Å². The number of hydrogen-bond acceptors (Lipinski definition) is 4. The average Bonchev–Trinajstić information content (AvgIpc) is 2.75. The maximum absolute atomic E-state index is 12.4. The standard InChI is InChI=1S/C12H20F3N3S/c1-4-5-6-7-11(2,3)8-16-10-18-17-9(19-10)12(13,14)15/h4-8H2,1-3H3,(H,16,18). The van der Waals surface area contributed by atoms with Gasteiger partial charge in [-0.3, -0.25) is 0 Å². The van der Waals surface area contributed by atoms with Crippen molar-refractivity contribution < 1.29 is 13.2 Å². The lowest BCUT2D eigenvalue weighted by molar-refractivity contribution is -0.138. The lowest BCUT2D eigenvalue weighted by Gasteiger charge is -2.24. The molecule has 0 bridgehead atoms. The number of unbranched alkanes of at least 4 members (excludes halogenated alkanes) is 2. The van der Waals surface area contributed by atoms with Gasteiger partial charge < -0.3 is 5.32 Å². The Morgan fingerprint density at radius 3 is 2.37 bits per heavy atom. The molecule has 1 aromatic rings. The second-order valence-electron chi connectivity index (χ2n) is 5.39. The van der Waals surface area contributed by atoms with Crippen LogP contribution in [0.15, 0.2) is 0 Å². The number of aromatic nitrogens is 2. The van der Waals surface area contributed by atoms with E-state index >= 15 is 0 Å². The largest absolute Gasteiger partial charge is 0.445 e. The highest BCUT2D eigenvalue weighted by molar-refractivity contribution is 7.15. The first kappa shape index (κ1) is 16.2. The smallest absolute Gasteiger partial charge is 0.360 e. The van der Waals surface area contributed by atoms with Crippen molar-refractivity contribution in [2.45, 2.75) is 52.6 Å². The van der Waals surface area contributed by atoms with Crippen LogP contribution in [0.4, 0.5) is 18.3 Å². The number of hydrogen-bond donors (Lipinski definition) is 1. The SMILES string of the molecule is CCCCCC(C)(C)CNc1nnc(C(F)(F)F)s1. The lowest BCUT2D eigenvalue weighted by atomic mass is 9.87. The van der Waals surface area contributed by atoms with E-state index in [0.717, 1.165) is 19.3 Å². The fourth-order valence-corrected chi connectivity index (χ4v) is 2.27. The predicted octanol–water partition coefficient (Wildman–Crippen LogP) is 4.58. The maximum Gasteiger partial charge on any atom is 0.445 e. The van der Waals surface area contributed by atoms with E-state index in [2.05, 4.69) is 36.3 Å². The van der Waals surface area contributed by atoms with Crippen molar-refractivity contribution in [2.24, 2.45) is 5.41 Å². The van der Waals surface area contributed by atoms with Crippen LogP contribution >= 0.6 is 11.3 Å². The highest BCUT2D eigenvalue weighted by Gasteiger charge is 2.35. The molecule has 110 valence electrons. The number of halogens is 3. The van der Waals surface area contributed by atoms with Crippen LogP contribution in [0.2, 0.25) is 0 Å². The monoisotopic (exact) mass is 295 g/mol. The van der Waals surface area contributed by atoms with Gasteiger partial charge in [0.2, 0.25) is 10.1 Å². The number of anilines is 1. The number of alkyl halides is 3. The van der Waals surface area contributed by atoms with Crippen LogP contribution in [0.3, 0.4) is 0 Å². The molecule has 0 aliphatic heterocycles. The molecule has 0 unspecified atom stereocenters. The van der Waals surface area contributed by atoms with Gasteiger partial charge in [-0.25, -0.2) is 0 Å². The van der Waals surface area contributed by atoms with Crippen molar-refractivity contribution in [2.75, 3.05) is 11.9 Å². The molecule has 0 atom stereocenters. The van der Waals surface area contributed by atoms with Gasteiger partial charge in [-0.05, 0) is 11.8 Å². The van der Waals surface area contributed by atoms with Crippen LogP contribution in [0.1, 0.15) is 51.5 Å². The van der Waals surface area contributed by atoms with Crippen molar-refractivity contribution in [1.29, 1.82) is 0 Å². The highest BCUT2D eigenvalue weighted by atomic mass is 32.1. The van der Waals surface area contributed by atoms with Gasteiger partial charge in [-0.15, -0.1) is 10.2 Å². The van der Waals surface area contributed by atoms with Gasteiger partial charge >= 0.3 is 6.18 Å². The van der Waals surface area contributed by atoms with Gasteiger partial charge in [0, 0.05) is 6.54 Å². The molecule has 1 heterocycles. The van der Waals surface area contributed by atoms with Gasteiger partial charge in [0.1, 0.15) is 0 Å². The van der Waals surface area contributed by atoms with Crippen LogP contribution in [-0.2, 0) is 6.18 Å². The van der Waals surface area contributed by atoms with Crippen molar-refractivity contribution in [3.8, 4) is 0 Å². The summed E-state index contributed by atoms with van der Waals surface area (Å²) in [5.41, 5.74) is 0.0409. The number of nitrogens with zero attached hydrogens (tertiary/aromatic N) is 2. The number of nitrogens with one attached hydrogen (secondary N) is 1. The Morgan fingerprint density at radius 2 is 1.84 bits per heavy atom. The molecule has 3 nitrogen and oxygen atoms in total. The van der Waals surface area contributed by atoms with E-state index < -0.39 is 11.2 Å². The van der Waals surface area contributed by atoms with Gasteiger partial charge in [0.25, 0.3) is 0 Å². The van der Waals surface area contributed by atoms with E-state index in [9.17, 15) is 13.2 Å². The van der Waals surface area contributed by atoms with E-state index in [4.69, 9.17) is 0 Å². The summed E-state index contributed by atoms with van der Waals surface area (Å²) in [6.45, 7) is 6.94. The quantitative estimate of drug-likeness (QED) is 0.748. The minimum Gasteiger partial charge on any atom is -0.360 e. The minimum absolute atomic E-state index is 0.0409. The molecule has 0 spiro atoms. The van der Waals surface area contributed by atoms with Crippen molar-refractivity contribution in [3.05, 3.63) is 5.01 Å². The van der Waals surface area contributed by atoms with Crippen molar-refractivity contribution in [3.63, 3.8) is 0 Å². The van der Waals surface area contributed by atoms with Gasteiger partial charge in [-0.1, -0.05) is 51.4 Å². The van der Waals surface area contributed by atoms with Gasteiger partial charge in [0.15, 0.2) is 0 Å². The second kappa shape index (κ2) is 6.54. The third kappa shape index (κ3) is 5.76. The number of rotatable bonds is 7. The first-order valence-corrected chi connectivity index (χ1v) is 7.21. The zero-order chi connectivity index (χ0) is 14.5. The minimum atomic E-state index is -4.41.